The quantitative estimate of drug-likeness (QED) is 0.464. The highest BCUT2D eigenvalue weighted by molar-refractivity contribution is 7.16. The maximum absolute atomic E-state index is 11.8. The molecule has 1 N–H and O–H groups in total. The normalized spacial score (nSPS) is 10.1. The molecule has 9 nitrogen and oxygen atoms in total. The van der Waals surface area contributed by atoms with Gasteiger partial charge in [0.05, 0.1) is 16.2 Å². The van der Waals surface area contributed by atoms with Crippen LogP contribution in [0.3, 0.4) is 0 Å². The van der Waals surface area contributed by atoms with Gasteiger partial charge in [0, 0.05) is 22.7 Å². The molecule has 0 saturated carbocycles. The number of nitriles is 1. The molecule has 1 heterocycles. The maximum Gasteiger partial charge on any atom is 0.269 e. The molecule has 0 unspecified atom stereocenters. The van der Waals surface area contributed by atoms with Crippen molar-refractivity contribution in [2.45, 2.75) is 6.92 Å². The minimum atomic E-state index is -0.581. The molecule has 0 fully saturated rings. The number of thiophene rings is 1. The summed E-state index contributed by atoms with van der Waals surface area (Å²) in [5, 5.41) is 35.5. The van der Waals surface area contributed by atoms with Crippen LogP contribution in [0, 0.1) is 38.5 Å². The summed E-state index contributed by atoms with van der Waals surface area (Å²) >= 11 is 1.15. The van der Waals surface area contributed by atoms with Gasteiger partial charge in [-0.3, -0.25) is 10.1 Å². The van der Waals surface area contributed by atoms with Crippen molar-refractivity contribution < 1.29 is 9.96 Å². The molecular formula is C18H13N5O4S. The molecule has 10 heteroatoms. The van der Waals surface area contributed by atoms with Crippen LogP contribution in [0.15, 0.2) is 54.6 Å². The average molecular weight is 395 g/mol. The van der Waals surface area contributed by atoms with Crippen LogP contribution < -0.4 is 10.3 Å². The van der Waals surface area contributed by atoms with E-state index in [4.69, 9.17) is 0 Å². The van der Waals surface area contributed by atoms with Gasteiger partial charge in [0.15, 0.2) is 10.0 Å². The van der Waals surface area contributed by atoms with Gasteiger partial charge in [0.25, 0.3) is 5.69 Å². The van der Waals surface area contributed by atoms with E-state index in [9.17, 15) is 25.5 Å². The summed E-state index contributed by atoms with van der Waals surface area (Å²) in [6, 6.07) is 15.9. The molecule has 0 radical (unpaired) electrons. The molecule has 3 rings (SSSR count). The molecule has 0 saturated heterocycles. The lowest BCUT2D eigenvalue weighted by Gasteiger charge is -2.17. The number of rotatable bonds is 6. The summed E-state index contributed by atoms with van der Waals surface area (Å²) in [6.45, 7) is 1.77. The smallest absolute Gasteiger partial charge is 0.269 e. The first kappa shape index (κ1) is 18.8. The number of hydrogen-bond donors (Lipinski definition) is 1. The first-order valence-corrected chi connectivity index (χ1v) is 8.78. The Morgan fingerprint density at radius 1 is 1.11 bits per heavy atom. The predicted octanol–water partition coefficient (Wildman–Crippen LogP) is 4.91. The van der Waals surface area contributed by atoms with Gasteiger partial charge in [-0.1, -0.05) is 12.1 Å². The van der Waals surface area contributed by atoms with E-state index in [-0.39, 0.29) is 21.9 Å². The van der Waals surface area contributed by atoms with E-state index in [1.54, 1.807) is 37.3 Å². The van der Waals surface area contributed by atoms with Crippen molar-refractivity contribution in [3.8, 4) is 6.07 Å². The summed E-state index contributed by atoms with van der Waals surface area (Å²) < 4.78 is 0. The topological polar surface area (TPSA) is 125 Å². The fourth-order valence-electron chi connectivity index (χ4n) is 2.60. The predicted molar refractivity (Wildman–Crippen MR) is 106 cm³/mol. The highest BCUT2D eigenvalue weighted by Crippen LogP contribution is 2.39. The van der Waals surface area contributed by atoms with Crippen molar-refractivity contribution >= 4 is 39.1 Å². The van der Waals surface area contributed by atoms with E-state index in [1.807, 2.05) is 6.07 Å². The van der Waals surface area contributed by atoms with Crippen LogP contribution >= 0.6 is 11.3 Å². The molecule has 0 bridgehead atoms. The molecule has 0 atom stereocenters. The first-order chi connectivity index (χ1) is 13.4. The fraction of sp³-hybridized carbons (Fsp3) is 0.0556. The Kier molecular flexibility index (Phi) is 5.19. The molecular weight excluding hydrogens is 382 g/mol. The van der Waals surface area contributed by atoms with Gasteiger partial charge in [-0.15, -0.1) is 11.3 Å². The number of hydrogen-bond acceptors (Lipinski definition) is 7. The van der Waals surface area contributed by atoms with Gasteiger partial charge in [-0.2, -0.15) is 5.26 Å². The van der Waals surface area contributed by atoms with E-state index in [0.717, 1.165) is 21.2 Å². The van der Waals surface area contributed by atoms with Crippen molar-refractivity contribution in [1.82, 2.24) is 0 Å². The third-order valence-electron chi connectivity index (χ3n) is 3.80. The highest BCUT2D eigenvalue weighted by atomic mass is 32.1. The number of nitrogens with zero attached hydrogens (tertiary/aromatic N) is 4. The van der Waals surface area contributed by atoms with Gasteiger partial charge in [-0.05, 0) is 42.3 Å². The summed E-state index contributed by atoms with van der Waals surface area (Å²) in [5.41, 5.74) is 1.35. The van der Waals surface area contributed by atoms with Crippen LogP contribution in [0.5, 0.6) is 0 Å². The molecule has 0 amide bonds. The van der Waals surface area contributed by atoms with Crippen LogP contribution in [-0.2, 0) is 0 Å². The zero-order chi connectivity index (χ0) is 20.3. The second-order valence-corrected chi connectivity index (χ2v) is 6.92. The number of para-hydroxylation sites is 2. The molecule has 3 aromatic rings. The summed E-state index contributed by atoms with van der Waals surface area (Å²) in [5.74, 6) is 0. The number of non-ortho nitro benzene ring substituents is 1. The van der Waals surface area contributed by atoms with Crippen molar-refractivity contribution in [3.63, 3.8) is 0 Å². The van der Waals surface area contributed by atoms with Crippen LogP contribution in [0.4, 0.5) is 27.8 Å². The molecule has 1 aromatic heterocycles. The van der Waals surface area contributed by atoms with Gasteiger partial charge in [0.2, 0.25) is 0 Å². The minimum Gasteiger partial charge on any atom is -0.354 e. The van der Waals surface area contributed by atoms with E-state index in [2.05, 4.69) is 5.32 Å². The van der Waals surface area contributed by atoms with Crippen LogP contribution in [0.1, 0.15) is 10.4 Å². The van der Waals surface area contributed by atoms with Gasteiger partial charge in [0.1, 0.15) is 11.8 Å². The Balaban J connectivity index is 2.03. The number of hydrazine groups is 1. The Bertz CT molecular complexity index is 1090. The van der Waals surface area contributed by atoms with Crippen molar-refractivity contribution in [2.75, 3.05) is 10.3 Å². The summed E-state index contributed by atoms with van der Waals surface area (Å²) in [6.07, 6.45) is 0. The molecule has 140 valence electrons. The lowest BCUT2D eigenvalue weighted by atomic mass is 10.2. The number of anilines is 4. The Morgan fingerprint density at radius 2 is 1.79 bits per heavy atom. The van der Waals surface area contributed by atoms with Crippen molar-refractivity contribution in [3.05, 3.63) is 85.3 Å². The average Bonchev–Trinajstić information content (AvgIpc) is 3.04. The molecule has 0 aliphatic carbocycles. The van der Waals surface area contributed by atoms with Crippen molar-refractivity contribution in [1.29, 1.82) is 5.26 Å². The molecule has 0 aliphatic rings. The Morgan fingerprint density at radius 3 is 2.39 bits per heavy atom. The van der Waals surface area contributed by atoms with E-state index in [1.165, 1.54) is 24.3 Å². The maximum atomic E-state index is 11.8. The minimum absolute atomic E-state index is 0.0570. The zero-order valence-electron chi connectivity index (χ0n) is 14.5. The van der Waals surface area contributed by atoms with Gasteiger partial charge < -0.3 is 5.32 Å². The second-order valence-electron chi connectivity index (χ2n) is 5.68. The number of benzene rings is 2. The second kappa shape index (κ2) is 7.73. The lowest BCUT2D eigenvalue weighted by Crippen LogP contribution is -2.24. The number of nitro benzene ring substituents is 1. The standard InChI is InChI=1S/C18H13N5O4S/c1-12-10-13(11-19)18(28-12)21(23(26)27)17-5-3-2-4-16(17)20-14-6-8-15(9-7-14)22(24)25/h2-10,20H,1H3. The molecule has 0 aliphatic heterocycles. The Hall–Kier alpha value is -3.97. The van der Waals surface area contributed by atoms with E-state index < -0.39 is 9.96 Å². The monoisotopic (exact) mass is 395 g/mol. The Labute approximate surface area is 163 Å². The fourth-order valence-corrected chi connectivity index (χ4v) is 3.54. The van der Waals surface area contributed by atoms with E-state index in [0.29, 0.717) is 11.4 Å². The van der Waals surface area contributed by atoms with Gasteiger partial charge >= 0.3 is 0 Å². The first-order valence-electron chi connectivity index (χ1n) is 7.96. The SMILES string of the molecule is Cc1cc(C#N)c(N(c2ccccc2Nc2ccc([N+](=O)[O-])cc2)[N+](=O)[O-])s1. The van der Waals surface area contributed by atoms with Gasteiger partial charge in [-0.25, -0.2) is 10.1 Å². The van der Waals surface area contributed by atoms with Crippen molar-refractivity contribution in [2.24, 2.45) is 0 Å². The molecule has 2 aromatic carbocycles. The number of aryl methyl sites for hydroxylation is 1. The van der Waals surface area contributed by atoms with Crippen LogP contribution in [0.2, 0.25) is 0 Å². The molecule has 0 spiro atoms. The van der Waals surface area contributed by atoms with Crippen LogP contribution in [0.25, 0.3) is 0 Å². The third kappa shape index (κ3) is 3.74. The van der Waals surface area contributed by atoms with E-state index >= 15 is 0 Å². The highest BCUT2D eigenvalue weighted by Gasteiger charge is 2.28. The number of nitrogens with one attached hydrogen (secondary N) is 1. The zero-order valence-corrected chi connectivity index (χ0v) is 15.3. The lowest BCUT2D eigenvalue weighted by molar-refractivity contribution is -0.482. The molecule has 28 heavy (non-hydrogen) atoms. The largest absolute Gasteiger partial charge is 0.354 e. The summed E-state index contributed by atoms with van der Waals surface area (Å²) in [7, 11) is 0. The number of nitro groups is 2. The van der Waals surface area contributed by atoms with Crippen LogP contribution in [-0.4, -0.2) is 9.96 Å². The summed E-state index contributed by atoms with van der Waals surface area (Å²) in [4.78, 5) is 22.9. The third-order valence-corrected chi connectivity index (χ3v) is 4.83.